The number of Topliss-reactive ketones (excluding diaryl/α,β-unsaturated/α-hetero) is 1. The maximum absolute atomic E-state index is 12.7. The minimum atomic E-state index is -0.310. The fourth-order valence-corrected chi connectivity index (χ4v) is 4.48. The Kier molecular flexibility index (Phi) is 4.73. The van der Waals surface area contributed by atoms with E-state index in [0.717, 1.165) is 6.42 Å². The Bertz CT molecular complexity index is 830. The first-order valence-corrected chi connectivity index (χ1v) is 9.65. The lowest BCUT2D eigenvalue weighted by molar-refractivity contribution is -0.122. The number of ether oxygens (including phenoxy) is 1. The van der Waals surface area contributed by atoms with E-state index in [0.29, 0.717) is 25.6 Å². The Morgan fingerprint density at radius 2 is 1.59 bits per heavy atom. The van der Waals surface area contributed by atoms with E-state index in [2.05, 4.69) is 31.2 Å². The summed E-state index contributed by atoms with van der Waals surface area (Å²) in [6.07, 6.45) is 0.539. The lowest BCUT2D eigenvalue weighted by Gasteiger charge is -2.34. The Labute approximate surface area is 160 Å². The van der Waals surface area contributed by atoms with Crippen LogP contribution >= 0.6 is 0 Å². The SMILES string of the molecule is CC(=O)[C@H]1C[C@@H](C)CN(C(=O)OCC2c3ccccc3-c3ccccc32)C1. The maximum Gasteiger partial charge on any atom is 0.409 e. The highest BCUT2D eigenvalue weighted by Gasteiger charge is 2.33. The highest BCUT2D eigenvalue weighted by atomic mass is 16.6. The molecule has 1 aliphatic heterocycles. The molecule has 2 aromatic rings. The number of ketones is 1. The molecule has 1 aliphatic carbocycles. The van der Waals surface area contributed by atoms with E-state index in [1.54, 1.807) is 11.8 Å². The summed E-state index contributed by atoms with van der Waals surface area (Å²) in [5, 5.41) is 0. The molecule has 2 aromatic carbocycles. The molecule has 4 nitrogen and oxygen atoms in total. The van der Waals surface area contributed by atoms with Crippen molar-refractivity contribution in [2.45, 2.75) is 26.2 Å². The lowest BCUT2D eigenvalue weighted by Crippen LogP contribution is -2.45. The van der Waals surface area contributed by atoms with Crippen molar-refractivity contribution in [2.75, 3.05) is 19.7 Å². The number of benzene rings is 2. The smallest absolute Gasteiger partial charge is 0.409 e. The third kappa shape index (κ3) is 3.36. The van der Waals surface area contributed by atoms with E-state index in [1.807, 2.05) is 24.3 Å². The minimum Gasteiger partial charge on any atom is -0.448 e. The first-order chi connectivity index (χ1) is 13.0. The molecule has 0 spiro atoms. The highest BCUT2D eigenvalue weighted by molar-refractivity contribution is 5.80. The molecule has 4 heteroatoms. The molecule has 0 bridgehead atoms. The summed E-state index contributed by atoms with van der Waals surface area (Å²) in [5.74, 6) is 0.451. The van der Waals surface area contributed by atoms with Crippen LogP contribution in [0.25, 0.3) is 11.1 Å². The Balaban J connectivity index is 1.49. The molecule has 1 saturated heterocycles. The average molecular weight is 363 g/mol. The lowest BCUT2D eigenvalue weighted by atomic mass is 9.88. The fraction of sp³-hybridized carbons (Fsp3) is 0.391. The van der Waals surface area contributed by atoms with Crippen LogP contribution < -0.4 is 0 Å². The molecule has 1 amide bonds. The molecule has 27 heavy (non-hydrogen) atoms. The van der Waals surface area contributed by atoms with Gasteiger partial charge in [0.1, 0.15) is 12.4 Å². The van der Waals surface area contributed by atoms with Crippen LogP contribution in [0.2, 0.25) is 0 Å². The second kappa shape index (κ2) is 7.18. The summed E-state index contributed by atoms with van der Waals surface area (Å²) >= 11 is 0. The van der Waals surface area contributed by atoms with Crippen molar-refractivity contribution in [3.63, 3.8) is 0 Å². The van der Waals surface area contributed by atoms with Crippen LogP contribution in [-0.2, 0) is 9.53 Å². The normalized spacial score (nSPS) is 21.5. The van der Waals surface area contributed by atoms with Crippen LogP contribution in [-0.4, -0.2) is 36.5 Å². The topological polar surface area (TPSA) is 46.6 Å². The van der Waals surface area contributed by atoms with E-state index in [9.17, 15) is 9.59 Å². The summed E-state index contributed by atoms with van der Waals surface area (Å²) in [6.45, 7) is 5.14. The van der Waals surface area contributed by atoms with Gasteiger partial charge in [0.2, 0.25) is 0 Å². The molecule has 140 valence electrons. The van der Waals surface area contributed by atoms with E-state index < -0.39 is 0 Å². The third-order valence-electron chi connectivity index (χ3n) is 5.83. The zero-order valence-electron chi connectivity index (χ0n) is 15.9. The van der Waals surface area contributed by atoms with Gasteiger partial charge >= 0.3 is 6.09 Å². The molecule has 4 rings (SSSR count). The van der Waals surface area contributed by atoms with Crippen LogP contribution in [0.15, 0.2) is 48.5 Å². The molecule has 1 fully saturated rings. The van der Waals surface area contributed by atoms with Gasteiger partial charge in [0, 0.05) is 24.9 Å². The van der Waals surface area contributed by atoms with Crippen molar-refractivity contribution >= 4 is 11.9 Å². The van der Waals surface area contributed by atoms with Crippen LogP contribution in [0.4, 0.5) is 4.79 Å². The fourth-order valence-electron chi connectivity index (χ4n) is 4.48. The van der Waals surface area contributed by atoms with Crippen LogP contribution in [0, 0.1) is 11.8 Å². The molecular weight excluding hydrogens is 338 g/mol. The average Bonchev–Trinajstić information content (AvgIpc) is 2.99. The zero-order chi connectivity index (χ0) is 19.0. The van der Waals surface area contributed by atoms with E-state index in [1.165, 1.54) is 22.3 Å². The van der Waals surface area contributed by atoms with Gasteiger partial charge < -0.3 is 9.64 Å². The van der Waals surface area contributed by atoms with Crippen molar-refractivity contribution in [3.05, 3.63) is 59.7 Å². The number of hydrogen-bond donors (Lipinski definition) is 0. The van der Waals surface area contributed by atoms with Crippen LogP contribution in [0.5, 0.6) is 0 Å². The number of nitrogens with zero attached hydrogens (tertiary/aromatic N) is 1. The van der Waals surface area contributed by atoms with Crippen molar-refractivity contribution in [3.8, 4) is 11.1 Å². The molecular formula is C23H25NO3. The van der Waals surface area contributed by atoms with Gasteiger partial charge in [0.05, 0.1) is 0 Å². The number of piperidine rings is 1. The van der Waals surface area contributed by atoms with Gasteiger partial charge in [-0.1, -0.05) is 55.5 Å². The third-order valence-corrected chi connectivity index (χ3v) is 5.83. The molecule has 2 aliphatic rings. The predicted molar refractivity (Wildman–Crippen MR) is 105 cm³/mol. The van der Waals surface area contributed by atoms with E-state index in [4.69, 9.17) is 4.74 Å². The molecule has 0 aromatic heterocycles. The predicted octanol–water partition coefficient (Wildman–Crippen LogP) is 4.48. The van der Waals surface area contributed by atoms with Gasteiger partial charge in [-0.3, -0.25) is 4.79 Å². The number of likely N-dealkylation sites (tertiary alicyclic amines) is 1. The van der Waals surface area contributed by atoms with Crippen molar-refractivity contribution < 1.29 is 14.3 Å². The standard InChI is InChI=1S/C23H25NO3/c1-15-11-17(16(2)25)13-24(12-15)23(26)27-14-22-20-9-5-3-7-18(20)19-8-4-6-10-21(19)22/h3-10,15,17,22H,11-14H2,1-2H3/t15-,17+/m1/s1. The minimum absolute atomic E-state index is 0.0622. The molecule has 2 atom stereocenters. The van der Waals surface area contributed by atoms with Gasteiger partial charge in [0.25, 0.3) is 0 Å². The number of carbonyl (C=O) groups excluding carboxylic acids is 2. The van der Waals surface area contributed by atoms with Gasteiger partial charge in [-0.05, 0) is 41.5 Å². The quantitative estimate of drug-likeness (QED) is 0.808. The Hall–Kier alpha value is -2.62. The maximum atomic E-state index is 12.7. The molecule has 0 N–H and O–H groups in total. The van der Waals surface area contributed by atoms with Crippen LogP contribution in [0.3, 0.4) is 0 Å². The van der Waals surface area contributed by atoms with Gasteiger partial charge in [0.15, 0.2) is 0 Å². The number of carbonyl (C=O) groups is 2. The highest BCUT2D eigenvalue weighted by Crippen LogP contribution is 2.44. The summed E-state index contributed by atoms with van der Waals surface area (Å²) in [7, 11) is 0. The Morgan fingerprint density at radius 3 is 2.19 bits per heavy atom. The number of amides is 1. The molecule has 0 saturated carbocycles. The van der Waals surface area contributed by atoms with Gasteiger partial charge in [-0.15, -0.1) is 0 Å². The first kappa shape index (κ1) is 17.8. The van der Waals surface area contributed by atoms with Crippen molar-refractivity contribution in [2.24, 2.45) is 11.8 Å². The number of rotatable bonds is 3. The van der Waals surface area contributed by atoms with E-state index in [-0.39, 0.29) is 23.7 Å². The first-order valence-electron chi connectivity index (χ1n) is 9.65. The number of fused-ring (bicyclic) bond motifs is 3. The second-order valence-electron chi connectivity index (χ2n) is 7.86. The number of hydrogen-bond acceptors (Lipinski definition) is 3. The molecule has 0 radical (unpaired) electrons. The molecule has 0 unspecified atom stereocenters. The summed E-state index contributed by atoms with van der Waals surface area (Å²) in [4.78, 5) is 26.2. The van der Waals surface area contributed by atoms with Crippen molar-refractivity contribution in [1.82, 2.24) is 4.90 Å². The Morgan fingerprint density at radius 1 is 1.00 bits per heavy atom. The second-order valence-corrected chi connectivity index (χ2v) is 7.86. The van der Waals surface area contributed by atoms with Gasteiger partial charge in [-0.25, -0.2) is 4.79 Å². The zero-order valence-corrected chi connectivity index (χ0v) is 15.9. The van der Waals surface area contributed by atoms with Crippen LogP contribution in [0.1, 0.15) is 37.3 Å². The van der Waals surface area contributed by atoms with Gasteiger partial charge in [-0.2, -0.15) is 0 Å². The van der Waals surface area contributed by atoms with Crippen molar-refractivity contribution in [1.29, 1.82) is 0 Å². The monoisotopic (exact) mass is 363 g/mol. The summed E-state index contributed by atoms with van der Waals surface area (Å²) < 4.78 is 5.73. The van der Waals surface area contributed by atoms with E-state index >= 15 is 0 Å². The summed E-state index contributed by atoms with van der Waals surface area (Å²) in [6, 6.07) is 16.6. The molecule has 1 heterocycles. The summed E-state index contributed by atoms with van der Waals surface area (Å²) in [5.41, 5.74) is 4.86. The largest absolute Gasteiger partial charge is 0.448 e.